The molecule has 0 radical (unpaired) electrons. The summed E-state index contributed by atoms with van der Waals surface area (Å²) in [4.78, 5) is 36.3. The van der Waals surface area contributed by atoms with Gasteiger partial charge in [0.25, 0.3) is 0 Å². The van der Waals surface area contributed by atoms with Crippen molar-refractivity contribution in [2.24, 2.45) is 9.98 Å². The van der Waals surface area contributed by atoms with E-state index in [0.717, 1.165) is 16.4 Å². The molecule has 13 heteroatoms. The van der Waals surface area contributed by atoms with Gasteiger partial charge in [0.05, 0.1) is 46.1 Å². The third kappa shape index (κ3) is 6.93. The topological polar surface area (TPSA) is 151 Å². The Kier molecular flexibility index (Phi) is 8.70. The first-order valence-electron chi connectivity index (χ1n) is 16.6. The lowest BCUT2D eigenvalue weighted by atomic mass is 9.91. The molecule has 5 aliphatic heterocycles. The number of hydrogen-bond donors (Lipinski definition) is 2. The molecule has 8 bridgehead atoms. The van der Waals surface area contributed by atoms with E-state index in [9.17, 15) is 13.2 Å². The van der Waals surface area contributed by atoms with Gasteiger partial charge < -0.3 is 24.7 Å². The first kappa shape index (κ1) is 32.5. The number of piperidine rings is 1. The largest absolute Gasteiger partial charge is 0.474 e. The monoisotopic (exact) mass is 681 g/mol. The van der Waals surface area contributed by atoms with E-state index >= 15 is 0 Å². The van der Waals surface area contributed by atoms with Crippen LogP contribution in [0, 0.1) is 0 Å². The Morgan fingerprint density at radius 3 is 2.51 bits per heavy atom. The lowest BCUT2D eigenvalue weighted by Crippen LogP contribution is -2.42. The number of allylic oxidation sites excluding steroid dienone is 4. The van der Waals surface area contributed by atoms with Crippen LogP contribution in [0.1, 0.15) is 52.1 Å². The van der Waals surface area contributed by atoms with Crippen molar-refractivity contribution < 1.29 is 22.7 Å². The summed E-state index contributed by atoms with van der Waals surface area (Å²) in [5, 5.41) is 5.28. The fourth-order valence-corrected chi connectivity index (χ4v) is 8.13. The average Bonchev–Trinajstić information content (AvgIpc) is 3.88. The molecule has 0 spiro atoms. The molecule has 1 saturated heterocycles. The number of nitrogens with one attached hydrogen (secondary N) is 2. The molecule has 2 N–H and O–H groups in total. The number of rotatable bonds is 7. The molecule has 7 rings (SSSR count). The van der Waals surface area contributed by atoms with Gasteiger partial charge in [0, 0.05) is 49.1 Å². The number of fused-ring (bicyclic) bond motifs is 6. The minimum atomic E-state index is -3.72. The number of ether oxygens (including phenoxy) is 2. The Labute approximate surface area is 285 Å². The fourth-order valence-electron chi connectivity index (χ4n) is 6.49. The zero-order valence-electron chi connectivity index (χ0n) is 27.7. The standard InChI is InChI=1S/C36H39N7O5S/c1-4-17-49(45,46)34-30-10-9-27(41-30)19-25-6-5-24(39-25)18-26-7-8-28(40-26)21-36(14-11-31(34)42-36)32-20-33(38-22-37-32)48-29-12-15-43(16-13-29)35(44)47-23(2)3/h5-11,18-23,29,39,42H,4,12-17H2,1-3H3. The first-order valence-corrected chi connectivity index (χ1v) is 18.3. The normalized spacial score (nSPS) is 21.8. The number of amides is 1. The minimum Gasteiger partial charge on any atom is -0.474 e. The summed E-state index contributed by atoms with van der Waals surface area (Å²) in [6.07, 6.45) is 18.1. The molecule has 0 aromatic carbocycles. The van der Waals surface area contributed by atoms with Gasteiger partial charge in [-0.25, -0.2) is 33.2 Å². The highest BCUT2D eigenvalue weighted by Crippen LogP contribution is 2.40. The zero-order valence-corrected chi connectivity index (χ0v) is 28.5. The average molecular weight is 682 g/mol. The van der Waals surface area contributed by atoms with Gasteiger partial charge in [-0.15, -0.1) is 0 Å². The predicted molar refractivity (Wildman–Crippen MR) is 188 cm³/mol. The number of hydrogen-bond acceptors (Lipinski definition) is 10. The lowest BCUT2D eigenvalue weighted by molar-refractivity contribution is 0.0506. The van der Waals surface area contributed by atoms with Crippen LogP contribution in [-0.2, 0) is 20.1 Å². The number of aromatic amines is 1. The summed E-state index contributed by atoms with van der Waals surface area (Å²) in [6.45, 7) is 6.56. The summed E-state index contributed by atoms with van der Waals surface area (Å²) >= 11 is 0. The SMILES string of the molecule is CCCS(=O)(=O)C1=C2C=CC(=N2)C=c2ccc([nH]2)=CC2=NC(=CC3(c4cc(OC5CCN(C(=O)OC(C)C)CC5)ncn4)CC=C1N3)C=C2. The molecule has 1 atom stereocenters. The van der Waals surface area contributed by atoms with Crippen LogP contribution in [0.15, 0.2) is 93.0 Å². The number of aromatic nitrogens is 3. The fraction of sp³-hybridized carbons (Fsp3) is 0.361. The Morgan fingerprint density at radius 2 is 1.78 bits per heavy atom. The van der Waals surface area contributed by atoms with Gasteiger partial charge >= 0.3 is 6.09 Å². The van der Waals surface area contributed by atoms with Crippen molar-refractivity contribution in [3.8, 4) is 5.88 Å². The highest BCUT2D eigenvalue weighted by Gasteiger charge is 2.40. The number of aliphatic imine (C=N–C) groups is 2. The molecule has 5 aliphatic rings. The Bertz CT molecular complexity index is 2130. The number of nitrogens with zero attached hydrogens (tertiary/aromatic N) is 5. The van der Waals surface area contributed by atoms with Crippen LogP contribution < -0.4 is 20.8 Å². The van der Waals surface area contributed by atoms with Crippen LogP contribution in [0.4, 0.5) is 4.79 Å². The molecule has 2 aromatic rings. The van der Waals surface area contributed by atoms with Crippen LogP contribution in [0.5, 0.6) is 5.88 Å². The number of likely N-dealkylation sites (tertiary alicyclic amines) is 1. The zero-order chi connectivity index (χ0) is 34.2. The van der Waals surface area contributed by atoms with Gasteiger partial charge in [-0.2, -0.15) is 0 Å². The highest BCUT2D eigenvalue weighted by molar-refractivity contribution is 7.95. The molecular formula is C36H39N7O5S. The Morgan fingerprint density at radius 1 is 1.04 bits per heavy atom. The number of sulfone groups is 1. The van der Waals surface area contributed by atoms with Crippen molar-refractivity contribution in [2.75, 3.05) is 18.8 Å². The van der Waals surface area contributed by atoms with Crippen molar-refractivity contribution in [1.29, 1.82) is 0 Å². The molecule has 49 heavy (non-hydrogen) atoms. The predicted octanol–water partition coefficient (Wildman–Crippen LogP) is 3.48. The molecule has 1 unspecified atom stereocenters. The van der Waals surface area contributed by atoms with Gasteiger partial charge in [0.2, 0.25) is 5.88 Å². The van der Waals surface area contributed by atoms with Crippen LogP contribution in [0.25, 0.3) is 12.2 Å². The van der Waals surface area contributed by atoms with Crippen molar-refractivity contribution >= 4 is 39.5 Å². The quantitative estimate of drug-likeness (QED) is 0.451. The Balaban J connectivity index is 1.25. The molecule has 0 saturated carbocycles. The van der Waals surface area contributed by atoms with Gasteiger partial charge in [-0.1, -0.05) is 13.0 Å². The van der Waals surface area contributed by atoms with Gasteiger partial charge in [-0.05, 0) is 74.9 Å². The molecule has 254 valence electrons. The van der Waals surface area contributed by atoms with Crippen LogP contribution in [-0.4, -0.2) is 76.8 Å². The summed E-state index contributed by atoms with van der Waals surface area (Å²) in [5.41, 5.74) is 2.59. The third-order valence-electron chi connectivity index (χ3n) is 8.75. The summed E-state index contributed by atoms with van der Waals surface area (Å²) in [5.74, 6) is 0.374. The highest BCUT2D eigenvalue weighted by atomic mass is 32.2. The van der Waals surface area contributed by atoms with E-state index in [1.165, 1.54) is 6.33 Å². The molecule has 1 fully saturated rings. The van der Waals surface area contributed by atoms with E-state index in [4.69, 9.17) is 19.5 Å². The number of H-pyrrole nitrogens is 1. The number of carbonyl (C=O) groups excluding carboxylic acids is 1. The van der Waals surface area contributed by atoms with E-state index in [0.29, 0.717) is 73.1 Å². The van der Waals surface area contributed by atoms with E-state index in [-0.39, 0.29) is 29.0 Å². The van der Waals surface area contributed by atoms with Gasteiger partial charge in [-0.3, -0.25) is 0 Å². The molecule has 12 nitrogen and oxygen atoms in total. The molecule has 7 heterocycles. The second-order valence-electron chi connectivity index (χ2n) is 12.9. The van der Waals surface area contributed by atoms with Crippen LogP contribution in [0.3, 0.4) is 0 Å². The van der Waals surface area contributed by atoms with Crippen molar-refractivity contribution in [1.82, 2.24) is 25.2 Å². The summed E-state index contributed by atoms with van der Waals surface area (Å²) < 4.78 is 39.4. The molecule has 2 aromatic heterocycles. The number of carbonyl (C=O) groups is 1. The van der Waals surface area contributed by atoms with E-state index in [1.807, 2.05) is 75.4 Å². The van der Waals surface area contributed by atoms with E-state index in [2.05, 4.69) is 20.3 Å². The Hall–Kier alpha value is -5.04. The lowest BCUT2D eigenvalue weighted by Gasteiger charge is -2.32. The minimum absolute atomic E-state index is 0.0208. The summed E-state index contributed by atoms with van der Waals surface area (Å²) in [7, 11) is -3.72. The molecule has 0 aliphatic carbocycles. The van der Waals surface area contributed by atoms with E-state index in [1.54, 1.807) is 17.0 Å². The van der Waals surface area contributed by atoms with Gasteiger partial charge in [0.1, 0.15) is 22.9 Å². The first-order chi connectivity index (χ1) is 23.6. The maximum Gasteiger partial charge on any atom is 0.410 e. The summed E-state index contributed by atoms with van der Waals surface area (Å²) in [6, 6.07) is 5.71. The van der Waals surface area contributed by atoms with Crippen LogP contribution in [0.2, 0.25) is 0 Å². The van der Waals surface area contributed by atoms with Crippen molar-refractivity contribution in [3.63, 3.8) is 0 Å². The van der Waals surface area contributed by atoms with Crippen molar-refractivity contribution in [2.45, 2.75) is 64.2 Å². The maximum absolute atomic E-state index is 13.9. The van der Waals surface area contributed by atoms with E-state index < -0.39 is 15.4 Å². The van der Waals surface area contributed by atoms with Crippen LogP contribution >= 0.6 is 0 Å². The molecule has 1 amide bonds. The molecular weight excluding hydrogens is 643 g/mol. The smallest absolute Gasteiger partial charge is 0.410 e. The van der Waals surface area contributed by atoms with Gasteiger partial charge in [0.15, 0.2) is 9.84 Å². The second-order valence-corrected chi connectivity index (χ2v) is 14.9. The van der Waals surface area contributed by atoms with Crippen molar-refractivity contribution in [3.05, 3.63) is 99.4 Å². The maximum atomic E-state index is 13.9. The third-order valence-corrected chi connectivity index (χ3v) is 10.7. The second kappa shape index (κ2) is 13.1.